The van der Waals surface area contributed by atoms with Gasteiger partial charge in [-0.3, -0.25) is 0 Å². The molecule has 0 atom stereocenters. The molecule has 1 heteroatoms. The lowest BCUT2D eigenvalue weighted by Crippen LogP contribution is -1.89. The largest absolute Gasteiger partial charge is 0.0843 e. The molecule has 0 aliphatic heterocycles. The van der Waals surface area contributed by atoms with Crippen LogP contribution < -0.4 is 0 Å². The van der Waals surface area contributed by atoms with Crippen LogP contribution in [0.5, 0.6) is 0 Å². The van der Waals surface area contributed by atoms with Crippen molar-refractivity contribution in [2.75, 3.05) is 0 Å². The van der Waals surface area contributed by atoms with Gasteiger partial charge in [-0.25, -0.2) is 0 Å². The highest BCUT2D eigenvalue weighted by atomic mass is 35.5. The van der Waals surface area contributed by atoms with Gasteiger partial charge in [-0.1, -0.05) is 61.3 Å². The van der Waals surface area contributed by atoms with E-state index in [0.717, 1.165) is 11.4 Å². The Morgan fingerprint density at radius 3 is 2.35 bits per heavy atom. The number of hydrogen-bond donors (Lipinski definition) is 0. The molecule has 0 aromatic heterocycles. The Kier molecular flexibility index (Phi) is 4.22. The van der Waals surface area contributed by atoms with Gasteiger partial charge in [0.15, 0.2) is 0 Å². The normalized spacial score (nSPS) is 10.5. The van der Waals surface area contributed by atoms with Gasteiger partial charge in [0.25, 0.3) is 0 Å². The van der Waals surface area contributed by atoms with Gasteiger partial charge in [-0.15, -0.1) is 0 Å². The standard InChI is InChI=1S/C16H17Cl/c1-2-3-6-13-7-4-5-8-16(13)14-9-11-15(17)12-10-14/h4-5,7-12H,2-3,6H2,1H3. The summed E-state index contributed by atoms with van der Waals surface area (Å²) < 4.78 is 0. The number of aryl methyl sites for hydroxylation is 1. The Hall–Kier alpha value is -1.27. The van der Waals surface area contributed by atoms with E-state index in [4.69, 9.17) is 11.6 Å². The predicted molar refractivity (Wildman–Crippen MR) is 75.5 cm³/mol. The molecule has 0 saturated heterocycles. The maximum absolute atomic E-state index is 5.92. The Morgan fingerprint density at radius 2 is 1.65 bits per heavy atom. The van der Waals surface area contributed by atoms with Gasteiger partial charge in [0.05, 0.1) is 0 Å². The van der Waals surface area contributed by atoms with Crippen molar-refractivity contribution in [3.05, 3.63) is 59.1 Å². The van der Waals surface area contributed by atoms with Gasteiger partial charge >= 0.3 is 0 Å². The van der Waals surface area contributed by atoms with Crippen molar-refractivity contribution in [3.63, 3.8) is 0 Å². The summed E-state index contributed by atoms with van der Waals surface area (Å²) in [5.74, 6) is 0. The lowest BCUT2D eigenvalue weighted by molar-refractivity contribution is 0.796. The minimum Gasteiger partial charge on any atom is -0.0843 e. The van der Waals surface area contributed by atoms with E-state index in [2.05, 4.69) is 43.3 Å². The van der Waals surface area contributed by atoms with E-state index in [1.807, 2.05) is 12.1 Å². The molecular weight excluding hydrogens is 228 g/mol. The molecule has 0 heterocycles. The monoisotopic (exact) mass is 244 g/mol. The smallest absolute Gasteiger partial charge is 0.0406 e. The van der Waals surface area contributed by atoms with E-state index in [0.29, 0.717) is 0 Å². The Morgan fingerprint density at radius 1 is 0.941 bits per heavy atom. The lowest BCUT2D eigenvalue weighted by atomic mass is 9.96. The second-order valence-corrected chi connectivity index (χ2v) is 4.70. The molecule has 0 aliphatic rings. The van der Waals surface area contributed by atoms with E-state index < -0.39 is 0 Å². The molecule has 0 aliphatic carbocycles. The molecule has 2 aromatic rings. The van der Waals surface area contributed by atoms with Gasteiger partial charge < -0.3 is 0 Å². The van der Waals surface area contributed by atoms with Crippen LogP contribution in [0.4, 0.5) is 0 Å². The van der Waals surface area contributed by atoms with E-state index in [1.54, 1.807) is 0 Å². The second-order valence-electron chi connectivity index (χ2n) is 4.27. The van der Waals surface area contributed by atoms with Crippen molar-refractivity contribution in [2.24, 2.45) is 0 Å². The molecule has 0 fully saturated rings. The molecule has 2 aromatic carbocycles. The Balaban J connectivity index is 2.33. The van der Waals surface area contributed by atoms with Crippen LogP contribution in [0.25, 0.3) is 11.1 Å². The first kappa shape index (κ1) is 12.2. The van der Waals surface area contributed by atoms with E-state index in [9.17, 15) is 0 Å². The van der Waals surface area contributed by atoms with Crippen molar-refractivity contribution >= 4 is 11.6 Å². The molecule has 0 radical (unpaired) electrons. The molecule has 0 bridgehead atoms. The molecule has 0 nitrogen and oxygen atoms in total. The van der Waals surface area contributed by atoms with E-state index in [1.165, 1.54) is 29.5 Å². The van der Waals surface area contributed by atoms with Crippen molar-refractivity contribution < 1.29 is 0 Å². The maximum Gasteiger partial charge on any atom is 0.0406 e. The minimum absolute atomic E-state index is 0.791. The van der Waals surface area contributed by atoms with E-state index >= 15 is 0 Å². The van der Waals surface area contributed by atoms with Gasteiger partial charge in [0.2, 0.25) is 0 Å². The van der Waals surface area contributed by atoms with Crippen molar-refractivity contribution in [1.82, 2.24) is 0 Å². The van der Waals surface area contributed by atoms with Gasteiger partial charge in [-0.2, -0.15) is 0 Å². The number of rotatable bonds is 4. The van der Waals surface area contributed by atoms with Crippen LogP contribution >= 0.6 is 11.6 Å². The summed E-state index contributed by atoms with van der Waals surface area (Å²) in [5.41, 5.74) is 4.01. The lowest BCUT2D eigenvalue weighted by Gasteiger charge is -2.09. The number of benzene rings is 2. The first-order chi connectivity index (χ1) is 8.31. The fraction of sp³-hybridized carbons (Fsp3) is 0.250. The molecule has 0 unspecified atom stereocenters. The average Bonchev–Trinajstić information content (AvgIpc) is 2.38. The van der Waals surface area contributed by atoms with Crippen LogP contribution in [0.2, 0.25) is 5.02 Å². The quantitative estimate of drug-likeness (QED) is 0.680. The topological polar surface area (TPSA) is 0 Å². The molecule has 88 valence electrons. The molecular formula is C16H17Cl. The summed E-state index contributed by atoms with van der Waals surface area (Å²) in [4.78, 5) is 0. The fourth-order valence-electron chi connectivity index (χ4n) is 2.02. The van der Waals surface area contributed by atoms with Crippen LogP contribution in [-0.4, -0.2) is 0 Å². The first-order valence-corrected chi connectivity index (χ1v) is 6.53. The summed E-state index contributed by atoms with van der Waals surface area (Å²) in [6.45, 7) is 2.23. The maximum atomic E-state index is 5.92. The highest BCUT2D eigenvalue weighted by Crippen LogP contribution is 2.26. The van der Waals surface area contributed by atoms with Crippen molar-refractivity contribution in [1.29, 1.82) is 0 Å². The Bertz CT molecular complexity index is 471. The third-order valence-electron chi connectivity index (χ3n) is 2.97. The van der Waals surface area contributed by atoms with Gasteiger partial charge in [0.1, 0.15) is 0 Å². The Labute approximate surface area is 108 Å². The molecule has 17 heavy (non-hydrogen) atoms. The van der Waals surface area contributed by atoms with Crippen LogP contribution in [0, 0.1) is 0 Å². The van der Waals surface area contributed by atoms with Crippen molar-refractivity contribution in [2.45, 2.75) is 26.2 Å². The van der Waals surface area contributed by atoms with Crippen LogP contribution in [0.15, 0.2) is 48.5 Å². The van der Waals surface area contributed by atoms with Crippen molar-refractivity contribution in [3.8, 4) is 11.1 Å². The number of hydrogen-bond acceptors (Lipinski definition) is 0. The highest BCUT2D eigenvalue weighted by Gasteiger charge is 2.03. The van der Waals surface area contributed by atoms with Gasteiger partial charge in [0, 0.05) is 5.02 Å². The first-order valence-electron chi connectivity index (χ1n) is 6.15. The molecule has 0 saturated carbocycles. The molecule has 0 amide bonds. The van der Waals surface area contributed by atoms with Crippen LogP contribution in [0.3, 0.4) is 0 Å². The number of unbranched alkanes of at least 4 members (excludes halogenated alkanes) is 1. The summed E-state index contributed by atoms with van der Waals surface area (Å²) in [6, 6.07) is 16.7. The van der Waals surface area contributed by atoms with E-state index in [-0.39, 0.29) is 0 Å². The fourth-order valence-corrected chi connectivity index (χ4v) is 2.14. The third kappa shape index (κ3) is 3.10. The summed E-state index contributed by atoms with van der Waals surface area (Å²) in [5, 5.41) is 0.791. The second kappa shape index (κ2) is 5.88. The number of halogens is 1. The summed E-state index contributed by atoms with van der Waals surface area (Å²) >= 11 is 5.92. The predicted octanol–water partition coefficient (Wildman–Crippen LogP) is 5.35. The summed E-state index contributed by atoms with van der Waals surface area (Å²) in [6.07, 6.45) is 3.62. The zero-order valence-electron chi connectivity index (χ0n) is 10.1. The third-order valence-corrected chi connectivity index (χ3v) is 3.22. The molecule has 0 spiro atoms. The zero-order valence-corrected chi connectivity index (χ0v) is 10.9. The van der Waals surface area contributed by atoms with Crippen LogP contribution in [0.1, 0.15) is 25.3 Å². The highest BCUT2D eigenvalue weighted by molar-refractivity contribution is 6.30. The zero-order chi connectivity index (χ0) is 12.1. The van der Waals surface area contributed by atoms with Crippen LogP contribution in [-0.2, 0) is 6.42 Å². The minimum atomic E-state index is 0.791. The SMILES string of the molecule is CCCCc1ccccc1-c1ccc(Cl)cc1. The van der Waals surface area contributed by atoms with Gasteiger partial charge in [-0.05, 0) is 41.7 Å². The average molecular weight is 245 g/mol. The summed E-state index contributed by atoms with van der Waals surface area (Å²) in [7, 11) is 0. The molecule has 0 N–H and O–H groups in total. The molecule has 2 rings (SSSR count).